The molecule has 0 aliphatic rings. The third kappa shape index (κ3) is 2.30. The van der Waals surface area contributed by atoms with E-state index in [2.05, 4.69) is 0 Å². The molecule has 1 aromatic carbocycles. The van der Waals surface area contributed by atoms with Crippen LogP contribution in [0.1, 0.15) is 11.1 Å². The van der Waals surface area contributed by atoms with E-state index >= 15 is 0 Å². The molecule has 0 aliphatic heterocycles. The Balaban J connectivity index is 2.68. The van der Waals surface area contributed by atoms with Crippen molar-refractivity contribution in [2.45, 2.75) is 5.75 Å². The summed E-state index contributed by atoms with van der Waals surface area (Å²) in [6.07, 6.45) is 0. The largest absolute Gasteiger partial charge is 0.192 e. The first-order valence-electron chi connectivity index (χ1n) is 3.36. The van der Waals surface area contributed by atoms with E-state index in [4.69, 9.17) is 10.5 Å². The first-order valence-corrected chi connectivity index (χ1v) is 4.35. The third-order valence-corrected chi connectivity index (χ3v) is 1.99. The van der Waals surface area contributed by atoms with Crippen molar-refractivity contribution in [2.75, 3.05) is 0 Å². The monoisotopic (exact) mass is 174 g/mol. The summed E-state index contributed by atoms with van der Waals surface area (Å²) in [4.78, 5) is 0. The summed E-state index contributed by atoms with van der Waals surface area (Å²) in [5.74, 6) is 0.683. The second-order valence-corrected chi connectivity index (χ2v) is 2.95. The van der Waals surface area contributed by atoms with Crippen LogP contribution in [0.5, 0.6) is 0 Å². The second-order valence-electron chi connectivity index (χ2n) is 2.19. The van der Waals surface area contributed by atoms with E-state index in [1.165, 1.54) is 11.8 Å². The lowest BCUT2D eigenvalue weighted by Crippen LogP contribution is -1.79. The maximum atomic E-state index is 8.50. The molecule has 0 saturated carbocycles. The number of nitriles is 2. The van der Waals surface area contributed by atoms with Crippen LogP contribution in [0.4, 0.5) is 0 Å². The van der Waals surface area contributed by atoms with Crippen LogP contribution in [0.2, 0.25) is 0 Å². The minimum Gasteiger partial charge on any atom is -0.192 e. The van der Waals surface area contributed by atoms with Gasteiger partial charge in [-0.2, -0.15) is 10.5 Å². The molecule has 0 N–H and O–H groups in total. The number of benzene rings is 1. The van der Waals surface area contributed by atoms with Gasteiger partial charge in [0.15, 0.2) is 0 Å². The zero-order chi connectivity index (χ0) is 8.81. The Bertz CT molecular complexity index is 329. The lowest BCUT2D eigenvalue weighted by Gasteiger charge is -1.94. The summed E-state index contributed by atoms with van der Waals surface area (Å²) in [5, 5.41) is 18.8. The van der Waals surface area contributed by atoms with Crippen molar-refractivity contribution in [1.82, 2.24) is 0 Å². The molecule has 0 aliphatic carbocycles. The molecule has 0 spiro atoms. The summed E-state index contributed by atoms with van der Waals surface area (Å²) in [5.41, 5.74) is 1.72. The fourth-order valence-electron chi connectivity index (χ4n) is 0.791. The summed E-state index contributed by atoms with van der Waals surface area (Å²) in [6.45, 7) is 0. The van der Waals surface area contributed by atoms with Crippen molar-refractivity contribution in [3.63, 3.8) is 0 Å². The van der Waals surface area contributed by atoms with E-state index in [-0.39, 0.29) is 0 Å². The number of hydrogen-bond donors (Lipinski definition) is 0. The Morgan fingerprint density at radius 1 is 1.17 bits per heavy atom. The van der Waals surface area contributed by atoms with Crippen molar-refractivity contribution < 1.29 is 0 Å². The van der Waals surface area contributed by atoms with Gasteiger partial charge in [-0.3, -0.25) is 0 Å². The minimum absolute atomic E-state index is 0.653. The number of thioether (sulfide) groups is 1. The summed E-state index contributed by atoms with van der Waals surface area (Å²) in [6, 6.07) is 9.28. The molecule has 0 amide bonds. The van der Waals surface area contributed by atoms with Gasteiger partial charge < -0.3 is 0 Å². The van der Waals surface area contributed by atoms with Crippen molar-refractivity contribution >= 4 is 11.8 Å². The van der Waals surface area contributed by atoms with Crippen molar-refractivity contribution in [3.8, 4) is 11.5 Å². The fourth-order valence-corrected chi connectivity index (χ4v) is 1.21. The molecular weight excluding hydrogens is 168 g/mol. The van der Waals surface area contributed by atoms with E-state index in [9.17, 15) is 0 Å². The molecule has 0 atom stereocenters. The van der Waals surface area contributed by atoms with Crippen LogP contribution in [0, 0.1) is 22.0 Å². The topological polar surface area (TPSA) is 47.6 Å². The standard InChI is InChI=1S/C9H6N2S/c10-5-8-1-3-9(4-2-8)6-12-7-11/h1-4H,6H2. The molecule has 12 heavy (non-hydrogen) atoms. The van der Waals surface area contributed by atoms with E-state index in [1.54, 1.807) is 12.1 Å². The van der Waals surface area contributed by atoms with Crippen LogP contribution in [-0.2, 0) is 5.75 Å². The number of rotatable bonds is 2. The Labute approximate surface area is 75.4 Å². The number of nitrogens with zero attached hydrogens (tertiary/aromatic N) is 2. The predicted molar refractivity (Wildman–Crippen MR) is 48.1 cm³/mol. The van der Waals surface area contributed by atoms with E-state index < -0.39 is 0 Å². The Morgan fingerprint density at radius 2 is 1.83 bits per heavy atom. The zero-order valence-corrected chi connectivity index (χ0v) is 7.14. The molecule has 0 aromatic heterocycles. The van der Waals surface area contributed by atoms with Gasteiger partial charge in [0.05, 0.1) is 11.6 Å². The van der Waals surface area contributed by atoms with Gasteiger partial charge in [0.2, 0.25) is 0 Å². The molecule has 0 saturated heterocycles. The average Bonchev–Trinajstić information content (AvgIpc) is 2.15. The number of hydrogen-bond acceptors (Lipinski definition) is 3. The molecule has 3 heteroatoms. The molecular formula is C9H6N2S. The summed E-state index contributed by atoms with van der Waals surface area (Å²) < 4.78 is 0. The highest BCUT2D eigenvalue weighted by Gasteiger charge is 1.92. The van der Waals surface area contributed by atoms with E-state index in [1.807, 2.05) is 23.6 Å². The lowest BCUT2D eigenvalue weighted by molar-refractivity contribution is 1.40. The van der Waals surface area contributed by atoms with Crippen molar-refractivity contribution in [3.05, 3.63) is 35.4 Å². The smallest absolute Gasteiger partial charge is 0.133 e. The maximum Gasteiger partial charge on any atom is 0.133 e. The summed E-state index contributed by atoms with van der Waals surface area (Å²) >= 11 is 1.20. The van der Waals surface area contributed by atoms with Gasteiger partial charge in [0, 0.05) is 5.75 Å². The van der Waals surface area contributed by atoms with Crippen molar-refractivity contribution in [1.29, 1.82) is 10.5 Å². The van der Waals surface area contributed by atoms with Crippen LogP contribution >= 0.6 is 11.8 Å². The van der Waals surface area contributed by atoms with E-state index in [0.29, 0.717) is 11.3 Å². The Kier molecular flexibility index (Phi) is 3.19. The van der Waals surface area contributed by atoms with Gasteiger partial charge in [-0.1, -0.05) is 12.1 Å². The lowest BCUT2D eigenvalue weighted by atomic mass is 10.2. The third-order valence-electron chi connectivity index (χ3n) is 1.39. The molecule has 0 bridgehead atoms. The SMILES string of the molecule is N#CSCc1ccc(C#N)cc1. The van der Waals surface area contributed by atoms with Crippen LogP contribution in [-0.4, -0.2) is 0 Å². The van der Waals surface area contributed by atoms with Gasteiger partial charge in [-0.25, -0.2) is 0 Å². The first kappa shape index (κ1) is 8.64. The average molecular weight is 174 g/mol. The normalized spacial score (nSPS) is 8.50. The van der Waals surface area contributed by atoms with Crippen LogP contribution in [0.3, 0.4) is 0 Å². The second kappa shape index (κ2) is 4.43. The van der Waals surface area contributed by atoms with Gasteiger partial charge in [0.1, 0.15) is 5.40 Å². The van der Waals surface area contributed by atoms with Crippen LogP contribution in [0.15, 0.2) is 24.3 Å². The molecule has 2 nitrogen and oxygen atoms in total. The van der Waals surface area contributed by atoms with Crippen LogP contribution in [0.25, 0.3) is 0 Å². The molecule has 0 fully saturated rings. The maximum absolute atomic E-state index is 8.50. The first-order chi connectivity index (χ1) is 5.86. The fraction of sp³-hybridized carbons (Fsp3) is 0.111. The number of thiocyanates is 1. The van der Waals surface area contributed by atoms with Gasteiger partial charge in [0.25, 0.3) is 0 Å². The summed E-state index contributed by atoms with van der Waals surface area (Å²) in [7, 11) is 0. The highest BCUT2D eigenvalue weighted by atomic mass is 32.2. The van der Waals surface area contributed by atoms with Gasteiger partial charge in [-0.15, -0.1) is 0 Å². The molecule has 0 unspecified atom stereocenters. The van der Waals surface area contributed by atoms with E-state index in [0.717, 1.165) is 5.56 Å². The molecule has 0 heterocycles. The Hall–Kier alpha value is -1.45. The highest BCUT2D eigenvalue weighted by molar-refractivity contribution is 8.02. The van der Waals surface area contributed by atoms with Gasteiger partial charge in [-0.05, 0) is 29.5 Å². The molecule has 1 rings (SSSR count). The molecule has 0 radical (unpaired) electrons. The highest BCUT2D eigenvalue weighted by Crippen LogP contribution is 2.11. The quantitative estimate of drug-likeness (QED) is 0.646. The molecule has 58 valence electrons. The zero-order valence-electron chi connectivity index (χ0n) is 6.32. The minimum atomic E-state index is 0.653. The van der Waals surface area contributed by atoms with Crippen LogP contribution < -0.4 is 0 Å². The van der Waals surface area contributed by atoms with Gasteiger partial charge >= 0.3 is 0 Å². The molecule has 1 aromatic rings. The Morgan fingerprint density at radius 3 is 2.33 bits per heavy atom. The van der Waals surface area contributed by atoms with Crippen molar-refractivity contribution in [2.24, 2.45) is 0 Å². The predicted octanol–water partition coefficient (Wildman–Crippen LogP) is 2.27.